The average molecular weight is 467 g/mol. The summed E-state index contributed by atoms with van der Waals surface area (Å²) in [5.74, 6) is -0.00377. The number of nitrogens with zero attached hydrogens (tertiary/aromatic N) is 3. The fourth-order valence-electron chi connectivity index (χ4n) is 4.05. The molecule has 1 fully saturated rings. The third kappa shape index (κ3) is 5.78. The van der Waals surface area contributed by atoms with Gasteiger partial charge in [0.05, 0.1) is 41.1 Å². The molecule has 1 heterocycles. The van der Waals surface area contributed by atoms with Gasteiger partial charge in [0, 0.05) is 13.7 Å². The number of rotatable bonds is 8. The molecule has 1 saturated carbocycles. The SMILES string of the molecule is COC[C@H](O)Cn1c(C)nn(-c2ccc(Cl)c(C(=O)NCC3(O)CCCCCC3)c2)c1=O. The molecule has 3 rings (SSSR count). The Kier molecular flexibility index (Phi) is 8.10. The van der Waals surface area contributed by atoms with Crippen LogP contribution < -0.4 is 11.0 Å². The van der Waals surface area contributed by atoms with Crippen molar-refractivity contribution in [3.05, 3.63) is 45.1 Å². The number of carbonyl (C=O) groups excluding carboxylic acids is 1. The number of hydrogen-bond donors (Lipinski definition) is 3. The maximum Gasteiger partial charge on any atom is 0.350 e. The Hall–Kier alpha value is -2.20. The summed E-state index contributed by atoms with van der Waals surface area (Å²) in [4.78, 5) is 25.7. The van der Waals surface area contributed by atoms with Crippen LogP contribution in [0.15, 0.2) is 23.0 Å². The molecule has 1 aromatic carbocycles. The second-order valence-electron chi connectivity index (χ2n) is 8.45. The van der Waals surface area contributed by atoms with Gasteiger partial charge in [-0.25, -0.2) is 4.79 Å². The third-order valence-corrected chi connectivity index (χ3v) is 6.18. The minimum atomic E-state index is -0.911. The number of hydrogen-bond acceptors (Lipinski definition) is 6. The van der Waals surface area contributed by atoms with Gasteiger partial charge < -0.3 is 20.3 Å². The van der Waals surface area contributed by atoms with Gasteiger partial charge in [0.1, 0.15) is 5.82 Å². The summed E-state index contributed by atoms with van der Waals surface area (Å²) in [7, 11) is 1.47. The van der Waals surface area contributed by atoms with Crippen molar-refractivity contribution in [3.63, 3.8) is 0 Å². The van der Waals surface area contributed by atoms with Crippen LogP contribution in [0.4, 0.5) is 0 Å². The molecule has 1 aliphatic rings. The van der Waals surface area contributed by atoms with Crippen LogP contribution in [-0.4, -0.2) is 62.4 Å². The lowest BCUT2D eigenvalue weighted by molar-refractivity contribution is 0.0246. The Labute approximate surface area is 192 Å². The van der Waals surface area contributed by atoms with E-state index in [1.165, 1.54) is 28.5 Å². The van der Waals surface area contributed by atoms with E-state index in [1.807, 2.05) is 0 Å². The summed E-state index contributed by atoms with van der Waals surface area (Å²) >= 11 is 6.26. The molecule has 1 amide bonds. The van der Waals surface area contributed by atoms with Gasteiger partial charge >= 0.3 is 5.69 Å². The zero-order valence-electron chi connectivity index (χ0n) is 18.5. The first-order chi connectivity index (χ1) is 15.2. The molecule has 1 atom stereocenters. The summed E-state index contributed by atoms with van der Waals surface area (Å²) in [5.41, 5.74) is -0.786. The molecule has 0 radical (unpaired) electrons. The molecule has 1 aromatic heterocycles. The van der Waals surface area contributed by atoms with E-state index < -0.39 is 23.3 Å². The molecule has 0 spiro atoms. The number of carbonyl (C=O) groups is 1. The zero-order valence-corrected chi connectivity index (χ0v) is 19.3. The van der Waals surface area contributed by atoms with Gasteiger partial charge in [-0.2, -0.15) is 9.78 Å². The van der Waals surface area contributed by atoms with Gasteiger partial charge in [0.25, 0.3) is 5.91 Å². The van der Waals surface area contributed by atoms with Crippen LogP contribution in [0.1, 0.15) is 54.7 Å². The number of methoxy groups -OCH3 is 1. The van der Waals surface area contributed by atoms with Crippen molar-refractivity contribution in [2.45, 2.75) is 63.7 Å². The third-order valence-electron chi connectivity index (χ3n) is 5.85. The maximum atomic E-state index is 12.8. The highest BCUT2D eigenvalue weighted by atomic mass is 35.5. The van der Waals surface area contributed by atoms with Crippen LogP contribution in [0.25, 0.3) is 5.69 Å². The lowest BCUT2D eigenvalue weighted by Gasteiger charge is -2.26. The Morgan fingerprint density at radius 3 is 2.66 bits per heavy atom. The quantitative estimate of drug-likeness (QED) is 0.510. The standard InChI is InChI=1S/C22H31ClN4O5/c1-15-25-27(21(30)26(15)12-17(28)13-32-2)16-7-8-19(23)18(11-16)20(29)24-14-22(31)9-5-3-4-6-10-22/h7-8,11,17,28,31H,3-6,9-10,12-14H2,1-2H3,(H,24,29)/t17-/m1/s1. The van der Waals surface area contributed by atoms with Gasteiger partial charge in [-0.15, -0.1) is 0 Å². The van der Waals surface area contributed by atoms with Crippen LogP contribution >= 0.6 is 11.6 Å². The van der Waals surface area contributed by atoms with Gasteiger partial charge in [0.15, 0.2) is 0 Å². The Morgan fingerprint density at radius 2 is 2.00 bits per heavy atom. The second-order valence-corrected chi connectivity index (χ2v) is 8.85. The molecule has 176 valence electrons. The van der Waals surface area contributed by atoms with E-state index in [0.29, 0.717) is 24.4 Å². The molecule has 0 bridgehead atoms. The van der Waals surface area contributed by atoms with Crippen LogP contribution in [-0.2, 0) is 11.3 Å². The molecule has 3 N–H and O–H groups in total. The molecule has 0 aliphatic heterocycles. The smallest absolute Gasteiger partial charge is 0.350 e. The lowest BCUT2D eigenvalue weighted by Crippen LogP contribution is -2.42. The van der Waals surface area contributed by atoms with Crippen LogP contribution in [0.3, 0.4) is 0 Å². The van der Waals surface area contributed by atoms with E-state index in [4.69, 9.17) is 16.3 Å². The van der Waals surface area contributed by atoms with Crippen molar-refractivity contribution in [1.29, 1.82) is 0 Å². The topological polar surface area (TPSA) is 119 Å². The normalized spacial score (nSPS) is 17.0. The molecule has 32 heavy (non-hydrogen) atoms. The monoisotopic (exact) mass is 466 g/mol. The summed E-state index contributed by atoms with van der Waals surface area (Å²) in [6, 6.07) is 4.63. The minimum Gasteiger partial charge on any atom is -0.389 e. The molecule has 1 aliphatic carbocycles. The van der Waals surface area contributed by atoms with Crippen molar-refractivity contribution >= 4 is 17.5 Å². The summed E-state index contributed by atoms with van der Waals surface area (Å²) in [6.45, 7) is 1.94. The van der Waals surface area contributed by atoms with Gasteiger partial charge in [0.2, 0.25) is 0 Å². The number of aliphatic hydroxyl groups excluding tert-OH is 1. The average Bonchev–Trinajstić information content (AvgIpc) is 2.91. The number of ether oxygens (including phenoxy) is 1. The molecule has 10 heteroatoms. The van der Waals surface area contributed by atoms with E-state index in [2.05, 4.69) is 10.4 Å². The van der Waals surface area contributed by atoms with Gasteiger partial charge in [-0.05, 0) is 38.0 Å². The lowest BCUT2D eigenvalue weighted by atomic mass is 9.94. The molecule has 2 aromatic rings. The highest BCUT2D eigenvalue weighted by Gasteiger charge is 2.29. The first-order valence-corrected chi connectivity index (χ1v) is 11.3. The zero-order chi connectivity index (χ0) is 23.3. The van der Waals surface area contributed by atoms with Gasteiger partial charge in [-0.3, -0.25) is 9.36 Å². The highest BCUT2D eigenvalue weighted by molar-refractivity contribution is 6.33. The Bertz CT molecular complexity index is 995. The van der Waals surface area contributed by atoms with Crippen LogP contribution in [0.2, 0.25) is 5.02 Å². The van der Waals surface area contributed by atoms with E-state index in [0.717, 1.165) is 25.7 Å². The predicted octanol–water partition coefficient (Wildman–Crippen LogP) is 1.82. The van der Waals surface area contributed by atoms with Crippen molar-refractivity contribution in [2.75, 3.05) is 20.3 Å². The van der Waals surface area contributed by atoms with Gasteiger partial charge in [-0.1, -0.05) is 37.3 Å². The second kappa shape index (κ2) is 10.6. The molecule has 0 saturated heterocycles. The fourth-order valence-corrected chi connectivity index (χ4v) is 4.25. The highest BCUT2D eigenvalue weighted by Crippen LogP contribution is 2.27. The van der Waals surface area contributed by atoms with Crippen molar-refractivity contribution in [2.24, 2.45) is 0 Å². The molecule has 0 unspecified atom stereocenters. The van der Waals surface area contributed by atoms with E-state index in [1.54, 1.807) is 13.0 Å². The largest absolute Gasteiger partial charge is 0.389 e. The van der Waals surface area contributed by atoms with Crippen LogP contribution in [0.5, 0.6) is 0 Å². The molecular formula is C22H31ClN4O5. The summed E-state index contributed by atoms with van der Waals surface area (Å²) in [6.07, 6.45) is 4.51. The van der Waals surface area contributed by atoms with Crippen LogP contribution in [0, 0.1) is 6.92 Å². The number of halogens is 1. The first-order valence-electron chi connectivity index (χ1n) is 10.9. The molecule has 9 nitrogen and oxygen atoms in total. The first kappa shape index (κ1) is 24.4. The minimum absolute atomic E-state index is 0.0397. The maximum absolute atomic E-state index is 12.8. The summed E-state index contributed by atoms with van der Waals surface area (Å²) in [5, 5.41) is 28.1. The van der Waals surface area contributed by atoms with E-state index in [9.17, 15) is 19.8 Å². The Morgan fingerprint density at radius 1 is 1.31 bits per heavy atom. The number of aryl methyl sites for hydroxylation is 1. The number of aliphatic hydroxyl groups is 2. The van der Waals surface area contributed by atoms with E-state index >= 15 is 0 Å². The number of amides is 1. The predicted molar refractivity (Wildman–Crippen MR) is 120 cm³/mol. The number of nitrogens with one attached hydrogen (secondary N) is 1. The summed E-state index contributed by atoms with van der Waals surface area (Å²) < 4.78 is 7.43. The Balaban J connectivity index is 1.80. The fraction of sp³-hybridized carbons (Fsp3) is 0.591. The number of benzene rings is 1. The molecular weight excluding hydrogens is 436 g/mol. The van der Waals surface area contributed by atoms with E-state index in [-0.39, 0.29) is 30.3 Å². The van der Waals surface area contributed by atoms with Crippen molar-refractivity contribution < 1.29 is 19.7 Å². The van der Waals surface area contributed by atoms with Crippen molar-refractivity contribution in [1.82, 2.24) is 19.7 Å². The van der Waals surface area contributed by atoms with Crippen molar-refractivity contribution in [3.8, 4) is 5.69 Å². The number of aromatic nitrogens is 3.